The van der Waals surface area contributed by atoms with Gasteiger partial charge in [-0.2, -0.15) is 0 Å². The molecule has 106 valence electrons. The van der Waals surface area contributed by atoms with Crippen molar-refractivity contribution in [1.82, 2.24) is 4.90 Å². The first-order valence-electron chi connectivity index (χ1n) is 6.35. The molecule has 0 saturated heterocycles. The van der Waals surface area contributed by atoms with Crippen molar-refractivity contribution in [3.63, 3.8) is 0 Å². The van der Waals surface area contributed by atoms with Crippen molar-refractivity contribution in [2.24, 2.45) is 11.7 Å². The van der Waals surface area contributed by atoms with Crippen LogP contribution in [0, 0.1) is 5.92 Å². The molecule has 0 aromatic heterocycles. The fraction of sp³-hybridized carbons (Fsp3) is 0.500. The molecule has 0 heterocycles. The fourth-order valence-electron chi connectivity index (χ4n) is 2.06. The monoisotopic (exact) mass is 265 g/mol. The summed E-state index contributed by atoms with van der Waals surface area (Å²) < 4.78 is 5.12. The Kier molecular flexibility index (Phi) is 5.63. The van der Waals surface area contributed by atoms with Gasteiger partial charge in [0.05, 0.1) is 19.3 Å². The van der Waals surface area contributed by atoms with Crippen molar-refractivity contribution in [2.45, 2.75) is 20.4 Å². The number of ether oxygens (including phenoxy) is 1. The number of primary amides is 1. The van der Waals surface area contributed by atoms with Gasteiger partial charge in [0.2, 0.25) is 5.91 Å². The fourth-order valence-corrected chi connectivity index (χ4v) is 2.06. The molecule has 1 amide bonds. The molecule has 19 heavy (non-hydrogen) atoms. The summed E-state index contributed by atoms with van der Waals surface area (Å²) >= 11 is 0. The molecule has 0 spiro atoms. The van der Waals surface area contributed by atoms with Crippen LogP contribution in [-0.2, 0) is 11.3 Å². The molecule has 1 aromatic rings. The summed E-state index contributed by atoms with van der Waals surface area (Å²) in [5, 5.41) is 0. The van der Waals surface area contributed by atoms with Crippen LogP contribution in [0.1, 0.15) is 19.4 Å². The number of benzene rings is 1. The number of anilines is 1. The van der Waals surface area contributed by atoms with Gasteiger partial charge in [0.25, 0.3) is 0 Å². The summed E-state index contributed by atoms with van der Waals surface area (Å²) in [4.78, 5) is 13.1. The van der Waals surface area contributed by atoms with E-state index in [-0.39, 0.29) is 12.5 Å². The average Bonchev–Trinajstić information content (AvgIpc) is 2.27. The highest BCUT2D eigenvalue weighted by molar-refractivity contribution is 5.75. The number of nitrogens with two attached hydrogens (primary N) is 2. The minimum atomic E-state index is -0.317. The predicted octanol–water partition coefficient (Wildman–Crippen LogP) is 1.22. The molecule has 1 rings (SSSR count). The predicted molar refractivity (Wildman–Crippen MR) is 76.7 cm³/mol. The third-order valence-electron chi connectivity index (χ3n) is 2.70. The minimum absolute atomic E-state index is 0.254. The molecule has 0 aliphatic heterocycles. The number of rotatable bonds is 7. The lowest BCUT2D eigenvalue weighted by atomic mass is 10.1. The van der Waals surface area contributed by atoms with Gasteiger partial charge in [-0.15, -0.1) is 0 Å². The van der Waals surface area contributed by atoms with Crippen molar-refractivity contribution in [3.05, 3.63) is 23.8 Å². The summed E-state index contributed by atoms with van der Waals surface area (Å²) in [7, 11) is 1.59. The van der Waals surface area contributed by atoms with E-state index < -0.39 is 0 Å². The number of carbonyl (C=O) groups excluding carboxylic acids is 1. The average molecular weight is 265 g/mol. The van der Waals surface area contributed by atoms with Gasteiger partial charge >= 0.3 is 0 Å². The lowest BCUT2D eigenvalue weighted by molar-refractivity contribution is -0.119. The molecule has 1 aromatic carbocycles. The second-order valence-electron chi connectivity index (χ2n) is 5.11. The molecule has 4 N–H and O–H groups in total. The maximum atomic E-state index is 11.1. The Hall–Kier alpha value is -1.75. The highest BCUT2D eigenvalue weighted by Crippen LogP contribution is 2.22. The van der Waals surface area contributed by atoms with E-state index >= 15 is 0 Å². The maximum Gasteiger partial charge on any atom is 0.231 e. The smallest absolute Gasteiger partial charge is 0.231 e. The Morgan fingerprint density at radius 2 is 2.11 bits per heavy atom. The molecule has 0 aliphatic carbocycles. The van der Waals surface area contributed by atoms with Crippen LogP contribution in [0.2, 0.25) is 0 Å². The van der Waals surface area contributed by atoms with Crippen LogP contribution < -0.4 is 16.2 Å². The number of nitrogens with zero attached hydrogens (tertiary/aromatic N) is 1. The highest BCUT2D eigenvalue weighted by atomic mass is 16.5. The molecular weight excluding hydrogens is 242 g/mol. The number of carbonyl (C=O) groups is 1. The number of methoxy groups -OCH3 is 1. The van der Waals surface area contributed by atoms with Gasteiger partial charge in [0, 0.05) is 13.1 Å². The lowest BCUT2D eigenvalue weighted by Crippen LogP contribution is -2.35. The van der Waals surface area contributed by atoms with E-state index in [2.05, 4.69) is 13.8 Å². The van der Waals surface area contributed by atoms with Crippen LogP contribution in [0.25, 0.3) is 0 Å². The van der Waals surface area contributed by atoms with Crippen LogP contribution in [0.5, 0.6) is 5.75 Å². The van der Waals surface area contributed by atoms with Crippen molar-refractivity contribution in [2.75, 3.05) is 25.9 Å². The van der Waals surface area contributed by atoms with Crippen LogP contribution in [0.3, 0.4) is 0 Å². The van der Waals surface area contributed by atoms with E-state index in [9.17, 15) is 4.79 Å². The number of hydrogen-bond acceptors (Lipinski definition) is 4. The summed E-state index contributed by atoms with van der Waals surface area (Å²) in [5.74, 6) is 0.811. The van der Waals surface area contributed by atoms with Crippen molar-refractivity contribution in [3.8, 4) is 5.75 Å². The first kappa shape index (κ1) is 15.3. The summed E-state index contributed by atoms with van der Waals surface area (Å²) in [5.41, 5.74) is 12.8. The Morgan fingerprint density at radius 1 is 1.42 bits per heavy atom. The van der Waals surface area contributed by atoms with E-state index in [0.717, 1.165) is 12.1 Å². The zero-order chi connectivity index (χ0) is 14.4. The number of nitrogen functional groups attached to an aromatic ring is 1. The van der Waals surface area contributed by atoms with Gasteiger partial charge in [0.1, 0.15) is 5.75 Å². The zero-order valence-electron chi connectivity index (χ0n) is 11.8. The summed E-state index contributed by atoms with van der Waals surface area (Å²) in [6.07, 6.45) is 0. The molecular formula is C14H23N3O2. The SMILES string of the molecule is COc1ccc(CN(CC(N)=O)CC(C)C)cc1N. The van der Waals surface area contributed by atoms with E-state index in [1.807, 2.05) is 23.1 Å². The first-order valence-corrected chi connectivity index (χ1v) is 6.35. The second kappa shape index (κ2) is 6.99. The van der Waals surface area contributed by atoms with Gasteiger partial charge in [0.15, 0.2) is 0 Å². The van der Waals surface area contributed by atoms with Crippen LogP contribution in [-0.4, -0.2) is 31.0 Å². The van der Waals surface area contributed by atoms with Gasteiger partial charge in [-0.25, -0.2) is 0 Å². The summed E-state index contributed by atoms with van der Waals surface area (Å²) in [6.45, 7) is 5.93. The molecule has 0 unspecified atom stereocenters. The molecule has 5 heteroatoms. The Morgan fingerprint density at radius 3 is 2.58 bits per heavy atom. The topological polar surface area (TPSA) is 81.6 Å². The molecule has 0 saturated carbocycles. The third kappa shape index (κ3) is 5.18. The maximum absolute atomic E-state index is 11.1. The largest absolute Gasteiger partial charge is 0.495 e. The van der Waals surface area contributed by atoms with Crippen molar-refractivity contribution in [1.29, 1.82) is 0 Å². The van der Waals surface area contributed by atoms with Crippen LogP contribution in [0.15, 0.2) is 18.2 Å². The molecule has 0 atom stereocenters. The lowest BCUT2D eigenvalue weighted by Gasteiger charge is -2.23. The normalized spacial score (nSPS) is 11.0. The van der Waals surface area contributed by atoms with Crippen molar-refractivity contribution < 1.29 is 9.53 Å². The number of hydrogen-bond donors (Lipinski definition) is 2. The second-order valence-corrected chi connectivity index (χ2v) is 5.11. The molecule has 0 radical (unpaired) electrons. The van der Waals surface area contributed by atoms with Gasteiger partial charge in [-0.1, -0.05) is 19.9 Å². The molecule has 0 aliphatic rings. The molecule has 0 fully saturated rings. The van der Waals surface area contributed by atoms with Gasteiger partial charge < -0.3 is 16.2 Å². The summed E-state index contributed by atoms with van der Waals surface area (Å²) in [6, 6.07) is 5.65. The molecule has 5 nitrogen and oxygen atoms in total. The van der Waals surface area contributed by atoms with E-state index in [4.69, 9.17) is 16.2 Å². The molecule has 0 bridgehead atoms. The van der Waals surface area contributed by atoms with E-state index in [1.54, 1.807) is 7.11 Å². The zero-order valence-corrected chi connectivity index (χ0v) is 11.8. The standard InChI is InChI=1S/C14H23N3O2/c1-10(2)7-17(9-14(16)18)8-11-4-5-13(19-3)12(15)6-11/h4-6,10H,7-9,15H2,1-3H3,(H2,16,18). The highest BCUT2D eigenvalue weighted by Gasteiger charge is 2.11. The Balaban J connectivity index is 2.77. The van der Waals surface area contributed by atoms with Crippen LogP contribution >= 0.6 is 0 Å². The third-order valence-corrected chi connectivity index (χ3v) is 2.70. The minimum Gasteiger partial charge on any atom is -0.495 e. The van der Waals surface area contributed by atoms with Crippen molar-refractivity contribution >= 4 is 11.6 Å². The van der Waals surface area contributed by atoms with Gasteiger partial charge in [-0.3, -0.25) is 9.69 Å². The van der Waals surface area contributed by atoms with Crippen LogP contribution in [0.4, 0.5) is 5.69 Å². The Labute approximate surface area is 114 Å². The van der Waals surface area contributed by atoms with Gasteiger partial charge in [-0.05, 0) is 23.6 Å². The van der Waals surface area contributed by atoms with E-state index in [0.29, 0.717) is 23.9 Å². The quantitative estimate of drug-likeness (QED) is 0.726. The van der Waals surface area contributed by atoms with E-state index in [1.165, 1.54) is 0 Å². The Bertz CT molecular complexity index is 433. The first-order chi connectivity index (χ1) is 8.92. The number of amides is 1.